The Kier molecular flexibility index (Phi) is 4.01. The predicted molar refractivity (Wildman–Crippen MR) is 71.8 cm³/mol. The molecule has 1 aromatic heterocycles. The molecule has 2 rings (SSSR count). The normalized spacial score (nSPS) is 22.7. The van der Waals surface area contributed by atoms with Crippen LogP contribution in [0.3, 0.4) is 0 Å². The third-order valence-electron chi connectivity index (χ3n) is 3.18. The van der Waals surface area contributed by atoms with Crippen LogP contribution in [0.2, 0.25) is 0 Å². The Morgan fingerprint density at radius 1 is 1.44 bits per heavy atom. The number of nitrogens with zero attached hydrogens (tertiary/aromatic N) is 3. The number of aromatic nitrogens is 2. The molecule has 0 aliphatic heterocycles. The van der Waals surface area contributed by atoms with E-state index in [9.17, 15) is 0 Å². The zero-order valence-corrected chi connectivity index (χ0v) is 11.3. The first kappa shape index (κ1) is 13.1. The average molecular weight is 250 g/mol. The van der Waals surface area contributed by atoms with Gasteiger partial charge in [-0.15, -0.1) is 0 Å². The zero-order chi connectivity index (χ0) is 13.1. The van der Waals surface area contributed by atoms with Crippen molar-refractivity contribution in [2.24, 2.45) is 11.7 Å². The van der Waals surface area contributed by atoms with Crippen LogP contribution in [0.4, 0.5) is 5.82 Å². The Labute approximate surface area is 108 Å². The maximum atomic E-state index is 5.80. The van der Waals surface area contributed by atoms with E-state index < -0.39 is 0 Å². The van der Waals surface area contributed by atoms with Gasteiger partial charge in [0.05, 0.1) is 6.10 Å². The lowest BCUT2D eigenvalue weighted by Crippen LogP contribution is -2.42. The molecule has 1 heterocycles. The molecule has 1 fully saturated rings. The molecule has 0 unspecified atom stereocenters. The summed E-state index contributed by atoms with van der Waals surface area (Å²) in [5.41, 5.74) is 5.80. The molecule has 0 aromatic carbocycles. The van der Waals surface area contributed by atoms with Gasteiger partial charge in [-0.25, -0.2) is 9.97 Å². The van der Waals surface area contributed by atoms with Gasteiger partial charge in [-0.2, -0.15) is 0 Å². The van der Waals surface area contributed by atoms with Crippen LogP contribution >= 0.6 is 0 Å². The Hall–Kier alpha value is -1.36. The van der Waals surface area contributed by atoms with Gasteiger partial charge < -0.3 is 15.4 Å². The van der Waals surface area contributed by atoms with Gasteiger partial charge in [0.2, 0.25) is 5.88 Å². The highest BCUT2D eigenvalue weighted by Gasteiger charge is 2.27. The van der Waals surface area contributed by atoms with Crippen LogP contribution in [0.5, 0.6) is 5.88 Å². The Morgan fingerprint density at radius 3 is 2.78 bits per heavy atom. The molecule has 1 aromatic rings. The molecular weight excluding hydrogens is 228 g/mol. The molecule has 5 nitrogen and oxygen atoms in total. The molecule has 0 radical (unpaired) electrons. The summed E-state index contributed by atoms with van der Waals surface area (Å²) in [5, 5.41) is 0. The van der Waals surface area contributed by atoms with Gasteiger partial charge in [-0.3, -0.25) is 0 Å². The Bertz CT molecular complexity index is 390. The molecule has 2 N–H and O–H groups in total. The maximum absolute atomic E-state index is 5.80. The summed E-state index contributed by atoms with van der Waals surface area (Å²) < 4.78 is 5.57. The summed E-state index contributed by atoms with van der Waals surface area (Å²) >= 11 is 0. The zero-order valence-electron chi connectivity index (χ0n) is 11.3. The minimum atomic E-state index is 0.127. The van der Waals surface area contributed by atoms with Crippen LogP contribution < -0.4 is 15.4 Å². The largest absolute Gasteiger partial charge is 0.475 e. The van der Waals surface area contributed by atoms with Crippen molar-refractivity contribution < 1.29 is 4.74 Å². The van der Waals surface area contributed by atoms with E-state index >= 15 is 0 Å². The van der Waals surface area contributed by atoms with E-state index in [4.69, 9.17) is 10.5 Å². The third kappa shape index (κ3) is 3.32. The molecule has 100 valence electrons. The summed E-state index contributed by atoms with van der Waals surface area (Å²) in [7, 11) is 2.05. The van der Waals surface area contributed by atoms with Crippen LogP contribution in [-0.4, -0.2) is 35.7 Å². The minimum Gasteiger partial charge on any atom is -0.475 e. The summed E-state index contributed by atoms with van der Waals surface area (Å²) in [6, 6.07) is 2.28. The fraction of sp³-hybridized carbons (Fsp3) is 0.692. The van der Waals surface area contributed by atoms with E-state index in [-0.39, 0.29) is 6.10 Å². The fourth-order valence-corrected chi connectivity index (χ4v) is 2.26. The van der Waals surface area contributed by atoms with Crippen molar-refractivity contribution in [2.45, 2.75) is 38.8 Å². The molecule has 18 heavy (non-hydrogen) atoms. The fourth-order valence-electron chi connectivity index (χ4n) is 2.26. The van der Waals surface area contributed by atoms with E-state index in [0.717, 1.165) is 25.2 Å². The second kappa shape index (κ2) is 5.52. The topological polar surface area (TPSA) is 64.3 Å². The third-order valence-corrected chi connectivity index (χ3v) is 3.18. The smallest absolute Gasteiger partial charge is 0.218 e. The predicted octanol–water partition coefficient (Wildman–Crippen LogP) is 1.44. The minimum absolute atomic E-state index is 0.127. The van der Waals surface area contributed by atoms with Gasteiger partial charge in [0.15, 0.2) is 0 Å². The molecule has 1 aliphatic rings. The van der Waals surface area contributed by atoms with E-state index in [1.54, 1.807) is 6.33 Å². The molecular formula is C13H22N4O. The van der Waals surface area contributed by atoms with Gasteiger partial charge in [-0.1, -0.05) is 0 Å². The standard InChI is InChI=1S/C13H22N4O/c1-9(2)18-13-6-12(15-8-16-13)17(3)7-10-4-11(14)5-10/h6,8-11H,4-5,7,14H2,1-3H3. The lowest BCUT2D eigenvalue weighted by molar-refractivity contribution is 0.232. The van der Waals surface area contributed by atoms with Gasteiger partial charge >= 0.3 is 0 Å². The Balaban J connectivity index is 1.94. The van der Waals surface area contributed by atoms with E-state index in [1.165, 1.54) is 0 Å². The highest BCUT2D eigenvalue weighted by atomic mass is 16.5. The lowest BCUT2D eigenvalue weighted by Gasteiger charge is -2.35. The molecule has 0 spiro atoms. The quantitative estimate of drug-likeness (QED) is 0.856. The first-order valence-electron chi connectivity index (χ1n) is 6.50. The average Bonchev–Trinajstić information content (AvgIpc) is 2.26. The van der Waals surface area contributed by atoms with E-state index in [1.807, 2.05) is 27.0 Å². The highest BCUT2D eigenvalue weighted by Crippen LogP contribution is 2.27. The summed E-state index contributed by atoms with van der Waals surface area (Å²) in [4.78, 5) is 10.5. The van der Waals surface area contributed by atoms with Crippen LogP contribution in [0.1, 0.15) is 26.7 Å². The van der Waals surface area contributed by atoms with Gasteiger partial charge in [0.1, 0.15) is 12.1 Å². The molecule has 0 bridgehead atoms. The molecule has 0 atom stereocenters. The summed E-state index contributed by atoms with van der Waals surface area (Å²) in [5.74, 6) is 2.22. The molecule has 1 aliphatic carbocycles. The number of hydrogen-bond acceptors (Lipinski definition) is 5. The van der Waals surface area contributed by atoms with Crippen molar-refractivity contribution in [2.75, 3.05) is 18.5 Å². The van der Waals surface area contributed by atoms with Crippen molar-refractivity contribution in [3.63, 3.8) is 0 Å². The first-order chi connectivity index (χ1) is 8.54. The van der Waals surface area contributed by atoms with Crippen LogP contribution in [0.15, 0.2) is 12.4 Å². The highest BCUT2D eigenvalue weighted by molar-refractivity contribution is 5.39. The van der Waals surface area contributed by atoms with Crippen LogP contribution in [-0.2, 0) is 0 Å². The van der Waals surface area contributed by atoms with Gasteiger partial charge in [0, 0.05) is 25.7 Å². The van der Waals surface area contributed by atoms with E-state index in [0.29, 0.717) is 17.8 Å². The molecule has 5 heteroatoms. The molecule has 1 saturated carbocycles. The van der Waals surface area contributed by atoms with Crippen molar-refractivity contribution >= 4 is 5.82 Å². The van der Waals surface area contributed by atoms with Crippen molar-refractivity contribution in [3.8, 4) is 5.88 Å². The van der Waals surface area contributed by atoms with Crippen LogP contribution in [0, 0.1) is 5.92 Å². The number of hydrogen-bond donors (Lipinski definition) is 1. The summed E-state index contributed by atoms with van der Waals surface area (Å²) in [6.45, 7) is 4.97. The molecule has 0 amide bonds. The van der Waals surface area contributed by atoms with Gasteiger partial charge in [-0.05, 0) is 32.6 Å². The number of nitrogens with two attached hydrogens (primary N) is 1. The monoisotopic (exact) mass is 250 g/mol. The number of anilines is 1. The van der Waals surface area contributed by atoms with Crippen molar-refractivity contribution in [1.82, 2.24) is 9.97 Å². The van der Waals surface area contributed by atoms with Crippen molar-refractivity contribution in [1.29, 1.82) is 0 Å². The second-order valence-electron chi connectivity index (χ2n) is 5.36. The van der Waals surface area contributed by atoms with Crippen LogP contribution in [0.25, 0.3) is 0 Å². The first-order valence-corrected chi connectivity index (χ1v) is 6.50. The summed E-state index contributed by atoms with van der Waals surface area (Å²) in [6.07, 6.45) is 3.91. The Morgan fingerprint density at radius 2 is 2.17 bits per heavy atom. The van der Waals surface area contributed by atoms with Crippen molar-refractivity contribution in [3.05, 3.63) is 12.4 Å². The second-order valence-corrected chi connectivity index (χ2v) is 5.36. The SMILES string of the molecule is CC(C)Oc1cc(N(C)CC2CC(N)C2)ncn1. The van der Waals surface area contributed by atoms with Gasteiger partial charge in [0.25, 0.3) is 0 Å². The number of rotatable bonds is 5. The molecule has 0 saturated heterocycles. The lowest BCUT2D eigenvalue weighted by atomic mass is 9.81. The van der Waals surface area contributed by atoms with E-state index in [2.05, 4.69) is 14.9 Å². The maximum Gasteiger partial charge on any atom is 0.218 e. The number of ether oxygens (including phenoxy) is 1.